The van der Waals surface area contributed by atoms with Gasteiger partial charge in [0, 0.05) is 24.0 Å². The molecule has 0 aromatic heterocycles. The van der Waals surface area contributed by atoms with Crippen molar-refractivity contribution < 1.29 is 29.0 Å². The number of carboxylic acids is 1. The first-order valence-corrected chi connectivity index (χ1v) is 13.3. The number of carbonyl (C=O) groups is 4. The standard InChI is InChI=1S/C26H37NO6S/c1-25-11-9-16(28)13-15(25)3-4-17-18-5-6-21(26(18,2)12-10-19(17)25)33-23(30)8-7-22(29)27-20(14-34)24(31)32/h13,17-21,34H,3-12,14H2,1-2H3,(H,27,29)(H,31,32)/t17-,18+,19-,20+,21+,25+,26+/m1/s1. The fraction of sp³-hybridized carbons (Fsp3) is 0.769. The van der Waals surface area contributed by atoms with Gasteiger partial charge in [0.15, 0.2) is 5.78 Å². The minimum Gasteiger partial charge on any atom is -0.480 e. The van der Waals surface area contributed by atoms with Crippen molar-refractivity contribution in [2.75, 3.05) is 5.75 Å². The van der Waals surface area contributed by atoms with Crippen LogP contribution in [0.1, 0.15) is 78.1 Å². The Hall–Kier alpha value is -1.83. The molecule has 188 valence electrons. The van der Waals surface area contributed by atoms with Gasteiger partial charge in [-0.05, 0) is 74.2 Å². The van der Waals surface area contributed by atoms with E-state index in [1.165, 1.54) is 5.57 Å². The van der Waals surface area contributed by atoms with E-state index in [1.807, 2.05) is 6.08 Å². The van der Waals surface area contributed by atoms with Crippen LogP contribution in [0.25, 0.3) is 0 Å². The number of nitrogens with one attached hydrogen (secondary N) is 1. The number of ether oxygens (including phenoxy) is 1. The summed E-state index contributed by atoms with van der Waals surface area (Å²) < 4.78 is 5.93. The Labute approximate surface area is 206 Å². The van der Waals surface area contributed by atoms with E-state index in [0.717, 1.165) is 44.9 Å². The van der Waals surface area contributed by atoms with E-state index in [1.54, 1.807) is 0 Å². The van der Waals surface area contributed by atoms with Gasteiger partial charge in [-0.2, -0.15) is 12.6 Å². The zero-order chi connectivity index (χ0) is 24.7. The lowest BCUT2D eigenvalue weighted by Gasteiger charge is -2.57. The van der Waals surface area contributed by atoms with Gasteiger partial charge in [0.1, 0.15) is 12.1 Å². The van der Waals surface area contributed by atoms with Crippen LogP contribution < -0.4 is 5.32 Å². The molecule has 4 aliphatic rings. The number of hydrogen-bond donors (Lipinski definition) is 3. The molecule has 7 atom stereocenters. The minimum absolute atomic E-state index is 0.0118. The maximum absolute atomic E-state index is 12.6. The lowest BCUT2D eigenvalue weighted by atomic mass is 9.47. The van der Waals surface area contributed by atoms with Gasteiger partial charge < -0.3 is 15.2 Å². The number of allylic oxidation sites excluding steroid dienone is 1. The molecule has 0 spiro atoms. The van der Waals surface area contributed by atoms with Crippen molar-refractivity contribution in [3.05, 3.63) is 11.6 Å². The van der Waals surface area contributed by atoms with Gasteiger partial charge >= 0.3 is 11.9 Å². The second kappa shape index (κ2) is 9.67. The molecule has 0 aromatic rings. The predicted octanol–water partition coefficient (Wildman–Crippen LogP) is 3.71. The van der Waals surface area contributed by atoms with Gasteiger partial charge in [-0.15, -0.1) is 0 Å². The van der Waals surface area contributed by atoms with Crippen molar-refractivity contribution in [3.63, 3.8) is 0 Å². The summed E-state index contributed by atoms with van der Waals surface area (Å²) in [7, 11) is 0. The predicted molar refractivity (Wildman–Crippen MR) is 129 cm³/mol. The average Bonchev–Trinajstić information content (AvgIpc) is 3.12. The Morgan fingerprint density at radius 1 is 1.12 bits per heavy atom. The smallest absolute Gasteiger partial charge is 0.327 e. The molecule has 34 heavy (non-hydrogen) atoms. The van der Waals surface area contributed by atoms with Crippen LogP contribution in [0.5, 0.6) is 0 Å². The van der Waals surface area contributed by atoms with E-state index < -0.39 is 23.9 Å². The van der Waals surface area contributed by atoms with Crippen molar-refractivity contribution in [1.29, 1.82) is 0 Å². The molecule has 1 amide bonds. The van der Waals surface area contributed by atoms with Crippen LogP contribution >= 0.6 is 12.6 Å². The van der Waals surface area contributed by atoms with Gasteiger partial charge in [-0.3, -0.25) is 14.4 Å². The van der Waals surface area contributed by atoms with E-state index in [0.29, 0.717) is 24.2 Å². The third kappa shape index (κ3) is 4.54. The molecule has 7 nitrogen and oxygen atoms in total. The van der Waals surface area contributed by atoms with E-state index >= 15 is 0 Å². The van der Waals surface area contributed by atoms with Gasteiger partial charge in [-0.1, -0.05) is 19.4 Å². The monoisotopic (exact) mass is 491 g/mol. The highest BCUT2D eigenvalue weighted by atomic mass is 32.1. The molecule has 0 saturated heterocycles. The number of aliphatic carboxylic acids is 1. The molecule has 3 fully saturated rings. The molecule has 3 saturated carbocycles. The normalized spacial score (nSPS) is 37.5. The molecule has 4 rings (SSSR count). The summed E-state index contributed by atoms with van der Waals surface area (Å²) in [6.45, 7) is 4.64. The Kier molecular flexibility index (Phi) is 7.19. The number of esters is 1. The zero-order valence-electron chi connectivity index (χ0n) is 20.2. The number of hydrogen-bond acceptors (Lipinski definition) is 6. The van der Waals surface area contributed by atoms with Crippen LogP contribution in [0.15, 0.2) is 11.6 Å². The second-order valence-electron chi connectivity index (χ2n) is 11.2. The van der Waals surface area contributed by atoms with Crippen molar-refractivity contribution in [1.82, 2.24) is 5.32 Å². The molecular formula is C26H37NO6S. The molecule has 2 N–H and O–H groups in total. The summed E-state index contributed by atoms with van der Waals surface area (Å²) >= 11 is 3.93. The molecule has 8 heteroatoms. The highest BCUT2D eigenvalue weighted by Crippen LogP contribution is 2.65. The lowest BCUT2D eigenvalue weighted by Crippen LogP contribution is -2.51. The number of thiol groups is 1. The number of ketones is 1. The molecule has 0 radical (unpaired) electrons. The summed E-state index contributed by atoms with van der Waals surface area (Å²) in [6, 6.07) is -1.06. The summed E-state index contributed by atoms with van der Waals surface area (Å²) in [6.07, 6.45) is 9.34. The average molecular weight is 492 g/mol. The number of carboxylic acid groups (broad SMARTS) is 1. The van der Waals surface area contributed by atoms with Gasteiger partial charge in [-0.25, -0.2) is 4.79 Å². The van der Waals surface area contributed by atoms with Crippen LogP contribution in [-0.2, 0) is 23.9 Å². The fourth-order valence-electron chi connectivity index (χ4n) is 7.59. The number of carbonyl (C=O) groups excluding carboxylic acids is 3. The van der Waals surface area contributed by atoms with Crippen molar-refractivity contribution in [2.24, 2.45) is 28.6 Å². The Morgan fingerprint density at radius 2 is 1.88 bits per heavy atom. The van der Waals surface area contributed by atoms with Crippen LogP contribution in [0, 0.1) is 28.6 Å². The molecule has 0 unspecified atom stereocenters. The molecule has 0 aromatic carbocycles. The lowest BCUT2D eigenvalue weighted by molar-refractivity contribution is -0.160. The minimum atomic E-state index is -1.15. The quantitative estimate of drug-likeness (QED) is 0.370. The van der Waals surface area contributed by atoms with E-state index in [-0.39, 0.29) is 41.3 Å². The molecular weight excluding hydrogens is 454 g/mol. The third-order valence-electron chi connectivity index (χ3n) is 9.52. The highest BCUT2D eigenvalue weighted by Gasteiger charge is 2.59. The second-order valence-corrected chi connectivity index (χ2v) is 11.6. The number of fused-ring (bicyclic) bond motifs is 5. The summed E-state index contributed by atoms with van der Waals surface area (Å²) in [5.41, 5.74) is 1.43. The molecule has 0 bridgehead atoms. The molecule has 0 aliphatic heterocycles. The van der Waals surface area contributed by atoms with E-state index in [2.05, 4.69) is 31.8 Å². The fourth-order valence-corrected chi connectivity index (χ4v) is 7.84. The van der Waals surface area contributed by atoms with Crippen LogP contribution in [0.2, 0.25) is 0 Å². The van der Waals surface area contributed by atoms with E-state index in [4.69, 9.17) is 9.84 Å². The van der Waals surface area contributed by atoms with Crippen molar-refractivity contribution in [3.8, 4) is 0 Å². The first-order chi connectivity index (χ1) is 16.1. The van der Waals surface area contributed by atoms with E-state index in [9.17, 15) is 19.2 Å². The Balaban J connectivity index is 1.35. The summed E-state index contributed by atoms with van der Waals surface area (Å²) in [5.74, 6) is -0.0724. The maximum Gasteiger partial charge on any atom is 0.327 e. The van der Waals surface area contributed by atoms with Gasteiger partial charge in [0.2, 0.25) is 5.91 Å². The maximum atomic E-state index is 12.6. The van der Waals surface area contributed by atoms with Crippen LogP contribution in [0.3, 0.4) is 0 Å². The topological polar surface area (TPSA) is 110 Å². The Bertz CT molecular complexity index is 902. The number of amides is 1. The van der Waals surface area contributed by atoms with Crippen LogP contribution in [0.4, 0.5) is 0 Å². The highest BCUT2D eigenvalue weighted by molar-refractivity contribution is 7.80. The number of rotatable bonds is 7. The Morgan fingerprint density at radius 3 is 2.59 bits per heavy atom. The largest absolute Gasteiger partial charge is 0.480 e. The first-order valence-electron chi connectivity index (χ1n) is 12.6. The summed E-state index contributed by atoms with van der Waals surface area (Å²) in [4.78, 5) is 47.7. The molecule has 0 heterocycles. The molecule has 4 aliphatic carbocycles. The SMILES string of the molecule is C[C@]12CC[C@@H]3[C@H](CCC4=CC(=O)CC[C@@]43C)[C@@H]1CC[C@@H]2OC(=O)CCC(=O)N[C@@H](CS)C(=O)O. The third-order valence-corrected chi connectivity index (χ3v) is 9.89. The van der Waals surface area contributed by atoms with Crippen LogP contribution in [-0.4, -0.2) is 46.6 Å². The van der Waals surface area contributed by atoms with Crippen molar-refractivity contribution in [2.45, 2.75) is 90.2 Å². The zero-order valence-corrected chi connectivity index (χ0v) is 21.1. The van der Waals surface area contributed by atoms with Gasteiger partial charge in [0.25, 0.3) is 0 Å². The van der Waals surface area contributed by atoms with Gasteiger partial charge in [0.05, 0.1) is 6.42 Å². The summed E-state index contributed by atoms with van der Waals surface area (Å²) in [5, 5.41) is 11.4. The van der Waals surface area contributed by atoms with Crippen molar-refractivity contribution >= 4 is 36.3 Å². The first kappa shape index (κ1) is 25.3.